The van der Waals surface area contributed by atoms with E-state index in [4.69, 9.17) is 12.2 Å². The smallest absolute Gasteiger partial charge is 0.253 e. The van der Waals surface area contributed by atoms with E-state index in [1.54, 1.807) is 6.20 Å². The van der Waals surface area contributed by atoms with Gasteiger partial charge in [-0.2, -0.15) is 0 Å². The first kappa shape index (κ1) is 20.8. The van der Waals surface area contributed by atoms with Crippen LogP contribution in [0.4, 0.5) is 5.69 Å². The van der Waals surface area contributed by atoms with Crippen LogP contribution in [-0.2, 0) is 13.1 Å². The van der Waals surface area contributed by atoms with Gasteiger partial charge in [-0.05, 0) is 66.8 Å². The van der Waals surface area contributed by atoms with Crippen LogP contribution in [0.1, 0.15) is 22.3 Å². The van der Waals surface area contributed by atoms with Crippen molar-refractivity contribution in [3.63, 3.8) is 0 Å². The lowest BCUT2D eigenvalue weighted by Crippen LogP contribution is -2.35. The van der Waals surface area contributed by atoms with Crippen molar-refractivity contribution in [2.75, 3.05) is 5.32 Å². The van der Waals surface area contributed by atoms with Crippen LogP contribution in [0.15, 0.2) is 77.9 Å². The van der Waals surface area contributed by atoms with Crippen molar-refractivity contribution in [3.05, 3.63) is 106 Å². The van der Waals surface area contributed by atoms with E-state index in [0.717, 1.165) is 27.7 Å². The number of aromatic amines is 1. The number of para-hydroxylation sites is 1. The Morgan fingerprint density at radius 3 is 2.61 bits per heavy atom. The van der Waals surface area contributed by atoms with E-state index in [2.05, 4.69) is 15.3 Å². The van der Waals surface area contributed by atoms with Gasteiger partial charge in [-0.1, -0.05) is 42.0 Å². The Labute approximate surface area is 186 Å². The van der Waals surface area contributed by atoms with Crippen molar-refractivity contribution in [2.24, 2.45) is 0 Å². The molecule has 2 heterocycles. The highest BCUT2D eigenvalue weighted by Crippen LogP contribution is 2.17. The van der Waals surface area contributed by atoms with Gasteiger partial charge in [-0.3, -0.25) is 9.78 Å². The van der Waals surface area contributed by atoms with E-state index < -0.39 is 0 Å². The molecule has 5 nitrogen and oxygen atoms in total. The number of fused-ring (bicyclic) bond motifs is 1. The Balaban J connectivity index is 1.64. The number of aryl methyl sites for hydroxylation is 2. The Hall–Kier alpha value is -3.51. The number of thiocarbonyl (C=S) groups is 1. The lowest BCUT2D eigenvalue weighted by molar-refractivity contribution is 0.410. The largest absolute Gasteiger partial charge is 0.340 e. The number of hydrogen-bond donors (Lipinski definition) is 2. The summed E-state index contributed by atoms with van der Waals surface area (Å²) in [4.78, 5) is 22.1. The topological polar surface area (TPSA) is 61.0 Å². The van der Waals surface area contributed by atoms with Gasteiger partial charge in [-0.25, -0.2) is 0 Å². The summed E-state index contributed by atoms with van der Waals surface area (Å²) in [7, 11) is 0. The van der Waals surface area contributed by atoms with E-state index in [0.29, 0.717) is 23.8 Å². The number of pyridine rings is 2. The van der Waals surface area contributed by atoms with Crippen molar-refractivity contribution < 1.29 is 0 Å². The summed E-state index contributed by atoms with van der Waals surface area (Å²) in [5.41, 5.74) is 5.59. The SMILES string of the molecule is Cc1ccc(NC(=S)N(Cc2cccnc2)Cc2cc3cccc(C)c3[nH]c2=O)cc1. The van der Waals surface area contributed by atoms with Crippen molar-refractivity contribution in [1.82, 2.24) is 14.9 Å². The second-order valence-electron chi connectivity index (χ2n) is 7.68. The fourth-order valence-electron chi connectivity index (χ4n) is 3.50. The zero-order valence-corrected chi connectivity index (χ0v) is 18.4. The standard InChI is InChI=1S/C25H24N4OS/c1-17-8-10-22(11-9-17)27-25(31)29(15-19-6-4-12-26-14-19)16-21-13-20-7-3-5-18(2)23(20)28-24(21)30/h3-14H,15-16H2,1-2H3,(H,27,31)(H,28,30). The number of rotatable bonds is 5. The minimum absolute atomic E-state index is 0.101. The molecule has 0 atom stereocenters. The average Bonchev–Trinajstić information content (AvgIpc) is 2.77. The summed E-state index contributed by atoms with van der Waals surface area (Å²) in [6.45, 7) is 4.96. The molecular formula is C25H24N4OS. The quantitative estimate of drug-likeness (QED) is 0.441. The maximum absolute atomic E-state index is 12.8. The van der Waals surface area contributed by atoms with E-state index in [1.807, 2.05) is 85.6 Å². The molecule has 0 radical (unpaired) electrons. The van der Waals surface area contributed by atoms with Crippen LogP contribution in [0.5, 0.6) is 0 Å². The third-order valence-electron chi connectivity index (χ3n) is 5.21. The highest BCUT2D eigenvalue weighted by atomic mass is 32.1. The molecule has 0 aliphatic carbocycles. The first-order chi connectivity index (χ1) is 15.0. The van der Waals surface area contributed by atoms with Gasteiger partial charge in [0.15, 0.2) is 5.11 Å². The average molecular weight is 429 g/mol. The first-order valence-corrected chi connectivity index (χ1v) is 10.5. The predicted octanol–water partition coefficient (Wildman–Crippen LogP) is 4.94. The summed E-state index contributed by atoms with van der Waals surface area (Å²) < 4.78 is 0. The van der Waals surface area contributed by atoms with E-state index in [-0.39, 0.29) is 5.56 Å². The molecule has 2 aromatic heterocycles. The number of nitrogens with zero attached hydrogens (tertiary/aromatic N) is 2. The van der Waals surface area contributed by atoms with Crippen molar-refractivity contribution in [2.45, 2.75) is 26.9 Å². The molecule has 31 heavy (non-hydrogen) atoms. The number of nitrogens with one attached hydrogen (secondary N) is 2. The Morgan fingerprint density at radius 2 is 1.87 bits per heavy atom. The fraction of sp³-hybridized carbons (Fsp3) is 0.160. The lowest BCUT2D eigenvalue weighted by Gasteiger charge is -2.26. The van der Waals surface area contributed by atoms with Crippen LogP contribution in [0.2, 0.25) is 0 Å². The molecule has 0 saturated heterocycles. The van der Waals surface area contributed by atoms with E-state index in [9.17, 15) is 4.79 Å². The minimum atomic E-state index is -0.101. The van der Waals surface area contributed by atoms with Gasteiger partial charge in [0.1, 0.15) is 0 Å². The Morgan fingerprint density at radius 1 is 1.06 bits per heavy atom. The van der Waals surface area contributed by atoms with Gasteiger partial charge in [0.25, 0.3) is 5.56 Å². The molecule has 0 aliphatic rings. The second kappa shape index (κ2) is 9.10. The number of aromatic nitrogens is 2. The molecule has 0 bridgehead atoms. The Kier molecular flexibility index (Phi) is 6.09. The fourth-order valence-corrected chi connectivity index (χ4v) is 3.75. The number of H-pyrrole nitrogens is 1. The summed E-state index contributed by atoms with van der Waals surface area (Å²) in [6, 6.07) is 19.9. The lowest BCUT2D eigenvalue weighted by atomic mass is 10.1. The zero-order chi connectivity index (χ0) is 21.8. The van der Waals surface area contributed by atoms with Gasteiger partial charge in [0.2, 0.25) is 0 Å². The number of benzene rings is 2. The molecule has 0 saturated carbocycles. The van der Waals surface area contributed by atoms with Gasteiger partial charge < -0.3 is 15.2 Å². The molecule has 0 unspecified atom stereocenters. The van der Waals surface area contributed by atoms with Crippen molar-refractivity contribution in [1.29, 1.82) is 0 Å². The van der Waals surface area contributed by atoms with Crippen LogP contribution in [0, 0.1) is 13.8 Å². The first-order valence-electron chi connectivity index (χ1n) is 10.1. The summed E-state index contributed by atoms with van der Waals surface area (Å²) in [5.74, 6) is 0. The molecule has 0 amide bonds. The van der Waals surface area contributed by atoms with Gasteiger partial charge in [-0.15, -0.1) is 0 Å². The van der Waals surface area contributed by atoms with Gasteiger partial charge >= 0.3 is 0 Å². The molecule has 2 aromatic carbocycles. The summed E-state index contributed by atoms with van der Waals surface area (Å²) >= 11 is 5.73. The Bertz CT molecular complexity index is 1270. The number of anilines is 1. The minimum Gasteiger partial charge on any atom is -0.340 e. The van der Waals surface area contributed by atoms with Crippen LogP contribution in [-0.4, -0.2) is 20.0 Å². The van der Waals surface area contributed by atoms with Crippen molar-refractivity contribution in [3.8, 4) is 0 Å². The van der Waals surface area contributed by atoms with Gasteiger partial charge in [0.05, 0.1) is 12.1 Å². The third-order valence-corrected chi connectivity index (χ3v) is 5.57. The molecule has 0 aliphatic heterocycles. The monoisotopic (exact) mass is 428 g/mol. The molecule has 2 N–H and O–H groups in total. The zero-order valence-electron chi connectivity index (χ0n) is 17.6. The molecule has 156 valence electrons. The maximum atomic E-state index is 12.8. The van der Waals surface area contributed by atoms with Crippen LogP contribution >= 0.6 is 12.2 Å². The third kappa shape index (κ3) is 4.98. The van der Waals surface area contributed by atoms with E-state index in [1.165, 1.54) is 5.56 Å². The molecule has 4 rings (SSSR count). The maximum Gasteiger partial charge on any atom is 0.253 e. The van der Waals surface area contributed by atoms with E-state index >= 15 is 0 Å². The molecular weight excluding hydrogens is 404 g/mol. The molecule has 0 spiro atoms. The molecule has 6 heteroatoms. The second-order valence-corrected chi connectivity index (χ2v) is 8.06. The highest BCUT2D eigenvalue weighted by molar-refractivity contribution is 7.80. The summed E-state index contributed by atoms with van der Waals surface area (Å²) in [6.07, 6.45) is 3.56. The van der Waals surface area contributed by atoms with Crippen LogP contribution < -0.4 is 10.9 Å². The highest BCUT2D eigenvalue weighted by Gasteiger charge is 2.15. The van der Waals surface area contributed by atoms with Crippen LogP contribution in [0.3, 0.4) is 0 Å². The molecule has 4 aromatic rings. The molecule has 0 fully saturated rings. The number of hydrogen-bond acceptors (Lipinski definition) is 3. The van der Waals surface area contributed by atoms with Crippen LogP contribution in [0.25, 0.3) is 10.9 Å². The van der Waals surface area contributed by atoms with Gasteiger partial charge in [0, 0.05) is 30.2 Å². The predicted molar refractivity (Wildman–Crippen MR) is 130 cm³/mol. The summed E-state index contributed by atoms with van der Waals surface area (Å²) in [5, 5.41) is 4.86. The normalized spacial score (nSPS) is 10.8. The van der Waals surface area contributed by atoms with Crippen molar-refractivity contribution >= 4 is 33.9 Å².